The fourth-order valence-corrected chi connectivity index (χ4v) is 1.20. The highest BCUT2D eigenvalue weighted by molar-refractivity contribution is 14.1. The molecule has 0 amide bonds. The largest absolute Gasteiger partial charge is 0.507 e. The van der Waals surface area contributed by atoms with E-state index in [2.05, 4.69) is 0 Å². The van der Waals surface area contributed by atoms with Crippen LogP contribution in [-0.2, 0) is 4.79 Å². The molecule has 0 fully saturated rings. The Hall–Kier alpha value is -1.35. The molecule has 0 aromatic heterocycles. The normalized spacial score (nSPS) is 10.7. The van der Waals surface area contributed by atoms with Gasteiger partial charge >= 0.3 is 0 Å². The van der Waals surface area contributed by atoms with E-state index in [1.165, 1.54) is 0 Å². The van der Waals surface area contributed by atoms with Crippen molar-refractivity contribution in [3.63, 3.8) is 0 Å². The molecule has 0 saturated heterocycles. The number of nitriles is 1. The van der Waals surface area contributed by atoms with Crippen LogP contribution in [0.5, 0.6) is 0 Å². The highest BCUT2D eigenvalue weighted by Crippen LogP contribution is 2.12. The first-order chi connectivity index (χ1) is 6.63. The second kappa shape index (κ2) is 4.77. The van der Waals surface area contributed by atoms with Gasteiger partial charge in [-0.25, -0.2) is 0 Å². The molecule has 1 aromatic rings. The Kier molecular flexibility index (Phi) is 3.65. The quantitative estimate of drug-likeness (QED) is 0.395. The first-order valence-electron chi connectivity index (χ1n) is 3.74. The van der Waals surface area contributed by atoms with Crippen molar-refractivity contribution in [2.75, 3.05) is 0 Å². The van der Waals surface area contributed by atoms with Crippen molar-refractivity contribution >= 4 is 32.1 Å². The van der Waals surface area contributed by atoms with Crippen molar-refractivity contribution in [2.24, 2.45) is 0 Å². The summed E-state index contributed by atoms with van der Waals surface area (Å²) in [6.45, 7) is 0. The summed E-state index contributed by atoms with van der Waals surface area (Å²) in [5.41, 5.74) is 1.04. The summed E-state index contributed by atoms with van der Waals surface area (Å²) in [5, 5.41) is 17.9. The smallest absolute Gasteiger partial charge is 0.218 e. The van der Waals surface area contributed by atoms with Crippen LogP contribution in [0.3, 0.4) is 0 Å². The third kappa shape index (κ3) is 2.85. The van der Waals surface area contributed by atoms with E-state index in [1.807, 2.05) is 6.07 Å². The molecule has 0 radical (unpaired) electrons. The van der Waals surface area contributed by atoms with Crippen molar-refractivity contribution in [3.05, 3.63) is 41.5 Å². The number of rotatable bonds is 2. The van der Waals surface area contributed by atoms with Gasteiger partial charge in [0.1, 0.15) is 5.76 Å². The molecule has 3 nitrogen and oxygen atoms in total. The van der Waals surface area contributed by atoms with E-state index < -0.39 is 0 Å². The van der Waals surface area contributed by atoms with Gasteiger partial charge in [-0.2, -0.15) is 5.26 Å². The maximum Gasteiger partial charge on any atom is 0.218 e. The topological polar surface area (TPSA) is 61.1 Å². The molecular weight excluding hydrogens is 293 g/mol. The second-order valence-corrected chi connectivity index (χ2v) is 3.59. The third-order valence-corrected chi connectivity index (χ3v) is 1.87. The van der Waals surface area contributed by atoms with Crippen LogP contribution >= 0.6 is 22.6 Å². The second-order valence-electron chi connectivity index (χ2n) is 2.52. The predicted molar refractivity (Wildman–Crippen MR) is 60.8 cm³/mol. The van der Waals surface area contributed by atoms with Crippen LogP contribution in [0.25, 0.3) is 5.76 Å². The Bertz CT molecular complexity index is 415. The van der Waals surface area contributed by atoms with Crippen LogP contribution in [0.15, 0.2) is 30.3 Å². The summed E-state index contributed by atoms with van der Waals surface area (Å²) in [7, 11) is 0. The number of allylic oxidation sites excluding steroid dienone is 1. The molecule has 4 heteroatoms. The Balaban J connectivity index is 2.99. The molecule has 14 heavy (non-hydrogen) atoms. The van der Waals surface area contributed by atoms with Crippen molar-refractivity contribution in [3.8, 4) is 6.07 Å². The van der Waals surface area contributed by atoms with Gasteiger partial charge in [0.15, 0.2) is 0 Å². The van der Waals surface area contributed by atoms with Crippen molar-refractivity contribution in [1.82, 2.24) is 0 Å². The molecule has 1 aromatic carbocycles. The van der Waals surface area contributed by atoms with Gasteiger partial charge in [-0.05, 0) is 24.3 Å². The number of hydrogen-bond donors (Lipinski definition) is 1. The number of carbonyl (C=O) groups excluding carboxylic acids is 1. The molecule has 0 bridgehead atoms. The van der Waals surface area contributed by atoms with E-state index in [-0.39, 0.29) is 9.55 Å². The van der Waals surface area contributed by atoms with E-state index in [0.29, 0.717) is 11.1 Å². The molecular formula is C10H6INO2. The number of carbonyl (C=O) groups is 1. The van der Waals surface area contributed by atoms with Crippen LogP contribution in [0.2, 0.25) is 0 Å². The van der Waals surface area contributed by atoms with Gasteiger partial charge < -0.3 is 5.11 Å². The van der Waals surface area contributed by atoms with E-state index in [1.54, 1.807) is 46.9 Å². The van der Waals surface area contributed by atoms with Gasteiger partial charge in [0.2, 0.25) is 3.79 Å². The van der Waals surface area contributed by atoms with Gasteiger partial charge in [0, 0.05) is 34.2 Å². The van der Waals surface area contributed by atoms with Crippen LogP contribution in [0.4, 0.5) is 0 Å². The fourth-order valence-electron chi connectivity index (χ4n) is 0.906. The fraction of sp³-hybridized carbons (Fsp3) is 0. The van der Waals surface area contributed by atoms with E-state index >= 15 is 0 Å². The molecule has 1 rings (SSSR count). The maximum absolute atomic E-state index is 10.6. The molecule has 0 heterocycles. The Labute approximate surface area is 94.8 Å². The maximum atomic E-state index is 10.6. The molecule has 0 unspecified atom stereocenters. The lowest BCUT2D eigenvalue weighted by molar-refractivity contribution is -0.105. The first kappa shape index (κ1) is 10.7. The number of aliphatic hydroxyl groups excluding tert-OH is 1. The van der Waals surface area contributed by atoms with Crippen LogP contribution in [0, 0.1) is 11.3 Å². The van der Waals surface area contributed by atoms with Crippen molar-refractivity contribution < 1.29 is 9.90 Å². The van der Waals surface area contributed by atoms with Gasteiger partial charge in [-0.3, -0.25) is 4.79 Å². The average molecular weight is 299 g/mol. The van der Waals surface area contributed by atoms with Gasteiger partial charge in [0.05, 0.1) is 11.6 Å². The van der Waals surface area contributed by atoms with Gasteiger partial charge in [-0.1, -0.05) is 0 Å². The minimum absolute atomic E-state index is 0.0890. The van der Waals surface area contributed by atoms with Gasteiger partial charge in [-0.15, -0.1) is 0 Å². The summed E-state index contributed by atoms with van der Waals surface area (Å²) in [6, 6.07) is 8.30. The average Bonchev–Trinajstić information content (AvgIpc) is 2.17. The standard InChI is InChI=1S/C10H6INO2/c11-10(14)5-9(13)8-3-1-7(6-12)2-4-8/h1-5,13H/b9-5-. The predicted octanol–water partition coefficient (Wildman–Crippen LogP) is 2.42. The van der Waals surface area contributed by atoms with Crippen molar-refractivity contribution in [1.29, 1.82) is 5.26 Å². The molecule has 70 valence electrons. The van der Waals surface area contributed by atoms with E-state index in [4.69, 9.17) is 5.26 Å². The zero-order valence-electron chi connectivity index (χ0n) is 7.07. The molecule has 0 saturated carbocycles. The summed E-state index contributed by atoms with van der Waals surface area (Å²) in [6.07, 6.45) is 1.13. The van der Waals surface area contributed by atoms with E-state index in [9.17, 15) is 9.90 Å². The molecule has 1 N–H and O–H groups in total. The Morgan fingerprint density at radius 1 is 1.43 bits per heavy atom. The van der Waals surface area contributed by atoms with Gasteiger partial charge in [0.25, 0.3) is 0 Å². The minimum atomic E-state index is -0.246. The monoisotopic (exact) mass is 299 g/mol. The minimum Gasteiger partial charge on any atom is -0.507 e. The van der Waals surface area contributed by atoms with Crippen LogP contribution in [-0.4, -0.2) is 8.90 Å². The molecule has 0 aliphatic rings. The molecule has 0 atom stereocenters. The number of halogens is 1. The molecule has 0 spiro atoms. The molecule has 0 aliphatic carbocycles. The lowest BCUT2D eigenvalue weighted by Gasteiger charge is -1.98. The summed E-state index contributed by atoms with van der Waals surface area (Å²) >= 11 is 1.57. The number of nitrogens with zero attached hydrogens (tertiary/aromatic N) is 1. The lowest BCUT2D eigenvalue weighted by Crippen LogP contribution is -1.86. The van der Waals surface area contributed by atoms with Crippen molar-refractivity contribution in [2.45, 2.75) is 0 Å². The first-order valence-corrected chi connectivity index (χ1v) is 4.82. The summed E-state index contributed by atoms with van der Waals surface area (Å²) < 4.78 is -0.246. The highest BCUT2D eigenvalue weighted by atomic mass is 127. The van der Waals surface area contributed by atoms with Crippen LogP contribution < -0.4 is 0 Å². The zero-order valence-corrected chi connectivity index (χ0v) is 9.22. The Morgan fingerprint density at radius 3 is 2.43 bits per heavy atom. The molecule has 0 aliphatic heterocycles. The van der Waals surface area contributed by atoms with Crippen LogP contribution in [0.1, 0.15) is 11.1 Å². The lowest BCUT2D eigenvalue weighted by atomic mass is 10.1. The summed E-state index contributed by atoms with van der Waals surface area (Å²) in [4.78, 5) is 10.6. The number of aliphatic hydroxyl groups is 1. The Morgan fingerprint density at radius 2 is 2.00 bits per heavy atom. The SMILES string of the molecule is N#Cc1ccc(/C(O)=C/C(=O)I)cc1. The number of hydrogen-bond acceptors (Lipinski definition) is 3. The number of benzene rings is 1. The van der Waals surface area contributed by atoms with E-state index in [0.717, 1.165) is 6.08 Å². The third-order valence-electron chi connectivity index (χ3n) is 1.56. The zero-order chi connectivity index (χ0) is 10.6. The summed E-state index contributed by atoms with van der Waals surface area (Å²) in [5.74, 6) is -0.0890. The highest BCUT2D eigenvalue weighted by Gasteiger charge is 2.00.